The lowest BCUT2D eigenvalue weighted by molar-refractivity contribution is 0.403. The molecule has 2 aromatic carbocycles. The maximum atomic E-state index is 6.16. The van der Waals surface area contributed by atoms with E-state index in [2.05, 4.69) is 37.4 Å². The predicted molar refractivity (Wildman–Crippen MR) is 89.3 cm³/mol. The summed E-state index contributed by atoms with van der Waals surface area (Å²) in [7, 11) is 1.71. The zero-order valence-electron chi connectivity index (χ0n) is 12.8. The van der Waals surface area contributed by atoms with E-state index in [9.17, 15) is 0 Å². The van der Waals surface area contributed by atoms with Crippen molar-refractivity contribution >= 4 is 11.6 Å². The van der Waals surface area contributed by atoms with E-state index in [0.29, 0.717) is 0 Å². The lowest BCUT2D eigenvalue weighted by Crippen LogP contribution is -2.23. The lowest BCUT2D eigenvalue weighted by Gasteiger charge is -2.22. The van der Waals surface area contributed by atoms with Crippen LogP contribution in [-0.2, 0) is 0 Å². The second-order valence-electron chi connectivity index (χ2n) is 5.19. The SMILES string of the molecule is CCCNC(c1cccc(Cl)c1)c1cc(C)ccc1OC. The standard InChI is InChI=1S/C18H22ClNO/c1-4-10-20-18(14-6-5-7-15(19)12-14)16-11-13(2)8-9-17(16)21-3/h5-9,11-12,18,20H,4,10H2,1-3H3. The second-order valence-corrected chi connectivity index (χ2v) is 5.62. The van der Waals surface area contributed by atoms with Crippen LogP contribution in [0.15, 0.2) is 42.5 Å². The Balaban J connectivity index is 2.47. The Hall–Kier alpha value is -1.51. The van der Waals surface area contributed by atoms with E-state index in [4.69, 9.17) is 16.3 Å². The van der Waals surface area contributed by atoms with E-state index in [0.717, 1.165) is 34.9 Å². The van der Waals surface area contributed by atoms with Gasteiger partial charge in [0.15, 0.2) is 0 Å². The number of ether oxygens (including phenoxy) is 1. The Morgan fingerprint density at radius 2 is 2.00 bits per heavy atom. The molecule has 0 bridgehead atoms. The predicted octanol–water partition coefficient (Wildman–Crippen LogP) is 4.75. The number of aryl methyl sites for hydroxylation is 1. The van der Waals surface area contributed by atoms with Gasteiger partial charge in [-0.05, 0) is 43.7 Å². The number of methoxy groups -OCH3 is 1. The van der Waals surface area contributed by atoms with Gasteiger partial charge in [-0.15, -0.1) is 0 Å². The van der Waals surface area contributed by atoms with Crippen LogP contribution in [0.4, 0.5) is 0 Å². The molecule has 0 saturated carbocycles. The van der Waals surface area contributed by atoms with Crippen molar-refractivity contribution in [1.82, 2.24) is 5.32 Å². The van der Waals surface area contributed by atoms with E-state index in [1.165, 1.54) is 5.56 Å². The molecule has 0 aliphatic rings. The third-order valence-corrected chi connectivity index (χ3v) is 3.71. The Bertz CT molecular complexity index is 598. The van der Waals surface area contributed by atoms with Crippen molar-refractivity contribution in [2.45, 2.75) is 26.3 Å². The quantitative estimate of drug-likeness (QED) is 0.832. The van der Waals surface area contributed by atoms with Gasteiger partial charge in [-0.2, -0.15) is 0 Å². The van der Waals surface area contributed by atoms with Crippen molar-refractivity contribution in [1.29, 1.82) is 0 Å². The van der Waals surface area contributed by atoms with Crippen LogP contribution in [-0.4, -0.2) is 13.7 Å². The van der Waals surface area contributed by atoms with Gasteiger partial charge in [-0.1, -0.05) is 48.4 Å². The van der Waals surface area contributed by atoms with Gasteiger partial charge in [0.1, 0.15) is 5.75 Å². The first-order chi connectivity index (χ1) is 10.2. The highest BCUT2D eigenvalue weighted by Gasteiger charge is 2.18. The molecule has 21 heavy (non-hydrogen) atoms. The van der Waals surface area contributed by atoms with E-state index in [-0.39, 0.29) is 6.04 Å². The van der Waals surface area contributed by atoms with Crippen molar-refractivity contribution in [2.75, 3.05) is 13.7 Å². The van der Waals surface area contributed by atoms with Crippen LogP contribution in [0.5, 0.6) is 5.75 Å². The van der Waals surface area contributed by atoms with E-state index in [1.807, 2.05) is 24.3 Å². The van der Waals surface area contributed by atoms with Gasteiger partial charge in [0.25, 0.3) is 0 Å². The molecule has 0 heterocycles. The van der Waals surface area contributed by atoms with Gasteiger partial charge in [-0.25, -0.2) is 0 Å². The van der Waals surface area contributed by atoms with Gasteiger partial charge >= 0.3 is 0 Å². The lowest BCUT2D eigenvalue weighted by atomic mass is 9.96. The molecular formula is C18H22ClNO. The Morgan fingerprint density at radius 1 is 1.19 bits per heavy atom. The number of rotatable bonds is 6. The number of hydrogen-bond donors (Lipinski definition) is 1. The third-order valence-electron chi connectivity index (χ3n) is 3.48. The van der Waals surface area contributed by atoms with Crippen molar-refractivity contribution in [3.8, 4) is 5.75 Å². The fourth-order valence-electron chi connectivity index (χ4n) is 2.46. The van der Waals surface area contributed by atoms with Gasteiger partial charge in [0, 0.05) is 10.6 Å². The fourth-order valence-corrected chi connectivity index (χ4v) is 2.66. The van der Waals surface area contributed by atoms with Crippen LogP contribution >= 0.6 is 11.6 Å². The normalized spacial score (nSPS) is 12.2. The fraction of sp³-hybridized carbons (Fsp3) is 0.333. The highest BCUT2D eigenvalue weighted by atomic mass is 35.5. The molecular weight excluding hydrogens is 282 g/mol. The molecule has 1 N–H and O–H groups in total. The van der Waals surface area contributed by atoms with Gasteiger partial charge in [-0.3, -0.25) is 0 Å². The molecule has 0 amide bonds. The molecule has 0 aromatic heterocycles. The van der Waals surface area contributed by atoms with Crippen LogP contribution in [0, 0.1) is 6.92 Å². The molecule has 1 atom stereocenters. The smallest absolute Gasteiger partial charge is 0.123 e. The summed E-state index contributed by atoms with van der Waals surface area (Å²) in [6, 6.07) is 14.3. The third kappa shape index (κ3) is 3.99. The first-order valence-electron chi connectivity index (χ1n) is 7.29. The van der Waals surface area contributed by atoms with Crippen molar-refractivity contribution in [3.05, 3.63) is 64.2 Å². The number of benzene rings is 2. The first kappa shape index (κ1) is 15.9. The maximum Gasteiger partial charge on any atom is 0.123 e. The minimum atomic E-state index is 0.0819. The van der Waals surface area contributed by atoms with E-state index >= 15 is 0 Å². The molecule has 3 heteroatoms. The summed E-state index contributed by atoms with van der Waals surface area (Å²) in [6.45, 7) is 5.20. The highest BCUT2D eigenvalue weighted by Crippen LogP contribution is 2.32. The molecule has 1 unspecified atom stereocenters. The van der Waals surface area contributed by atoms with E-state index in [1.54, 1.807) is 7.11 Å². The average Bonchev–Trinajstić information content (AvgIpc) is 2.48. The van der Waals surface area contributed by atoms with Crippen LogP contribution in [0.3, 0.4) is 0 Å². The molecule has 2 nitrogen and oxygen atoms in total. The Labute approximate surface area is 132 Å². The minimum absolute atomic E-state index is 0.0819. The molecule has 112 valence electrons. The Morgan fingerprint density at radius 3 is 2.67 bits per heavy atom. The molecule has 2 rings (SSSR count). The van der Waals surface area contributed by atoms with Gasteiger partial charge in [0.05, 0.1) is 13.2 Å². The first-order valence-corrected chi connectivity index (χ1v) is 7.67. The van der Waals surface area contributed by atoms with Crippen molar-refractivity contribution in [3.63, 3.8) is 0 Å². The summed E-state index contributed by atoms with van der Waals surface area (Å²) in [4.78, 5) is 0. The van der Waals surface area contributed by atoms with E-state index < -0.39 is 0 Å². The molecule has 0 aliphatic heterocycles. The summed E-state index contributed by atoms with van der Waals surface area (Å²) < 4.78 is 5.54. The van der Waals surface area contributed by atoms with Gasteiger partial charge < -0.3 is 10.1 Å². The topological polar surface area (TPSA) is 21.3 Å². The van der Waals surface area contributed by atoms with Crippen molar-refractivity contribution in [2.24, 2.45) is 0 Å². The zero-order valence-corrected chi connectivity index (χ0v) is 13.6. The maximum absolute atomic E-state index is 6.16. The summed E-state index contributed by atoms with van der Waals surface area (Å²) in [5.41, 5.74) is 3.52. The molecule has 2 aromatic rings. The number of halogens is 1. The summed E-state index contributed by atoms with van der Waals surface area (Å²) in [6.07, 6.45) is 1.07. The summed E-state index contributed by atoms with van der Waals surface area (Å²) in [5.74, 6) is 0.897. The Kier molecular flexibility index (Phi) is 5.66. The molecule has 0 fully saturated rings. The largest absolute Gasteiger partial charge is 0.496 e. The molecule has 0 radical (unpaired) electrons. The average molecular weight is 304 g/mol. The summed E-state index contributed by atoms with van der Waals surface area (Å²) in [5, 5.41) is 4.34. The highest BCUT2D eigenvalue weighted by molar-refractivity contribution is 6.30. The summed E-state index contributed by atoms with van der Waals surface area (Å²) >= 11 is 6.16. The monoisotopic (exact) mass is 303 g/mol. The molecule has 0 spiro atoms. The van der Waals surface area contributed by atoms with Gasteiger partial charge in [0.2, 0.25) is 0 Å². The van der Waals surface area contributed by atoms with Crippen LogP contribution in [0.2, 0.25) is 5.02 Å². The van der Waals surface area contributed by atoms with Crippen LogP contribution in [0.1, 0.15) is 36.1 Å². The minimum Gasteiger partial charge on any atom is -0.496 e. The molecule has 0 aliphatic carbocycles. The molecule has 0 saturated heterocycles. The van der Waals surface area contributed by atoms with Crippen molar-refractivity contribution < 1.29 is 4.74 Å². The van der Waals surface area contributed by atoms with Crippen LogP contribution < -0.4 is 10.1 Å². The number of hydrogen-bond acceptors (Lipinski definition) is 2. The number of nitrogens with one attached hydrogen (secondary N) is 1. The second kappa shape index (κ2) is 7.48. The zero-order chi connectivity index (χ0) is 15.2. The van der Waals surface area contributed by atoms with Crippen LogP contribution in [0.25, 0.3) is 0 Å².